The van der Waals surface area contributed by atoms with Gasteiger partial charge in [0.05, 0.1) is 24.8 Å². The van der Waals surface area contributed by atoms with E-state index in [4.69, 9.17) is 19.7 Å². The quantitative estimate of drug-likeness (QED) is 0.0960. The summed E-state index contributed by atoms with van der Waals surface area (Å²) in [6.45, 7) is 1.14. The second-order valence-electron chi connectivity index (χ2n) is 9.12. The highest BCUT2D eigenvalue weighted by Gasteiger charge is 2.30. The summed E-state index contributed by atoms with van der Waals surface area (Å²) in [6, 6.07) is 18.4. The van der Waals surface area contributed by atoms with Crippen LogP contribution < -0.4 is 0 Å². The van der Waals surface area contributed by atoms with Crippen LogP contribution in [0.15, 0.2) is 66.7 Å². The van der Waals surface area contributed by atoms with Crippen LogP contribution in [0.3, 0.4) is 0 Å². The maximum Gasteiger partial charge on any atom is 0.416 e. The van der Waals surface area contributed by atoms with Gasteiger partial charge in [-0.2, -0.15) is 13.2 Å². The predicted octanol–water partition coefficient (Wildman–Crippen LogP) is 6.23. The van der Waals surface area contributed by atoms with Crippen LogP contribution in [0.5, 0.6) is 0 Å². The number of aryl methyl sites for hydroxylation is 1. The zero-order valence-corrected chi connectivity index (χ0v) is 24.0. The number of halogens is 3. The molecule has 0 bridgehead atoms. The van der Waals surface area contributed by atoms with Gasteiger partial charge in [0.15, 0.2) is 0 Å². The molecule has 0 aliphatic heterocycles. The Hall–Kier alpha value is -2.93. The number of nitrogens with zero attached hydrogens (tertiary/aromatic N) is 1. The third kappa shape index (κ3) is 9.84. The molecule has 0 saturated carbocycles. The van der Waals surface area contributed by atoms with Crippen molar-refractivity contribution in [3.8, 4) is 0 Å². The number of hydrogen-bond acceptors (Lipinski definition) is 8. The van der Waals surface area contributed by atoms with Gasteiger partial charge >= 0.3 is 18.2 Å². The summed E-state index contributed by atoms with van der Waals surface area (Å²) >= 11 is 0. The van der Waals surface area contributed by atoms with Crippen molar-refractivity contribution in [2.75, 3.05) is 31.5 Å². The summed E-state index contributed by atoms with van der Waals surface area (Å²) in [5.74, 6) is -0.763. The fraction of sp³-hybridized carbons (Fsp3) is 0.379. The SMILES string of the molecule is CC(c1cccc2ccccc12)N(CCCc1cccc(C(F)(F)F)c1)C(=O)OCSSCC(=O)OC(CO)CO. The molecule has 7 nitrogen and oxygen atoms in total. The molecule has 1 atom stereocenters. The predicted molar refractivity (Wildman–Crippen MR) is 154 cm³/mol. The molecule has 0 aromatic heterocycles. The van der Waals surface area contributed by atoms with Gasteiger partial charge in [0, 0.05) is 6.54 Å². The molecule has 0 spiro atoms. The topological polar surface area (TPSA) is 96.3 Å². The van der Waals surface area contributed by atoms with Gasteiger partial charge in [-0.25, -0.2) is 4.79 Å². The Kier molecular flexibility index (Phi) is 12.6. The lowest BCUT2D eigenvalue weighted by Gasteiger charge is -2.29. The molecule has 0 aliphatic carbocycles. The van der Waals surface area contributed by atoms with Gasteiger partial charge in [-0.15, -0.1) is 0 Å². The molecule has 0 saturated heterocycles. The molecule has 12 heteroatoms. The molecule has 1 unspecified atom stereocenters. The maximum atomic E-state index is 13.2. The van der Waals surface area contributed by atoms with E-state index >= 15 is 0 Å². The van der Waals surface area contributed by atoms with Gasteiger partial charge in [-0.1, -0.05) is 82.3 Å². The standard InChI is InChI=1S/C29H32F3NO6S2/c1-20(25-13-5-10-22-9-2-3-12-26(22)25)33(14-6-8-21-7-4-11-23(15-21)29(30,31)32)28(37)38-19-41-40-18-27(36)39-24(16-34)17-35/h2-5,7,9-13,15,20,24,34-35H,6,8,14,16-19H2,1H3. The number of carbonyl (C=O) groups excluding carboxylic acids is 2. The van der Waals surface area contributed by atoms with Crippen molar-refractivity contribution in [3.63, 3.8) is 0 Å². The first kappa shape index (κ1) is 32.6. The van der Waals surface area contributed by atoms with Crippen LogP contribution in [-0.4, -0.2) is 64.7 Å². The van der Waals surface area contributed by atoms with Crippen molar-refractivity contribution in [1.82, 2.24) is 4.90 Å². The number of rotatable bonds is 14. The highest BCUT2D eigenvalue weighted by Crippen LogP contribution is 2.31. The number of carbonyl (C=O) groups is 2. The number of esters is 1. The number of alkyl halides is 3. The molecule has 222 valence electrons. The van der Waals surface area contributed by atoms with E-state index in [1.54, 1.807) is 11.0 Å². The first-order valence-electron chi connectivity index (χ1n) is 12.9. The summed E-state index contributed by atoms with van der Waals surface area (Å²) in [4.78, 5) is 26.6. The van der Waals surface area contributed by atoms with Crippen molar-refractivity contribution < 1.29 is 42.4 Å². The Morgan fingerprint density at radius 2 is 1.68 bits per heavy atom. The first-order valence-corrected chi connectivity index (χ1v) is 15.4. The van der Waals surface area contributed by atoms with Gasteiger partial charge in [0.2, 0.25) is 0 Å². The third-order valence-corrected chi connectivity index (χ3v) is 8.17. The monoisotopic (exact) mass is 611 g/mol. The van der Waals surface area contributed by atoms with Crippen molar-refractivity contribution >= 4 is 44.4 Å². The molecule has 0 heterocycles. The number of benzene rings is 3. The molecule has 3 aromatic rings. The zero-order chi connectivity index (χ0) is 29.8. The van der Waals surface area contributed by atoms with Crippen LogP contribution in [-0.2, 0) is 26.9 Å². The van der Waals surface area contributed by atoms with E-state index in [1.807, 2.05) is 49.4 Å². The second-order valence-corrected chi connectivity index (χ2v) is 11.5. The van der Waals surface area contributed by atoms with Crippen LogP contribution >= 0.6 is 21.6 Å². The minimum atomic E-state index is -4.43. The average molecular weight is 612 g/mol. The molecule has 1 amide bonds. The molecule has 0 radical (unpaired) electrons. The number of aliphatic hydroxyl groups is 2. The van der Waals surface area contributed by atoms with E-state index in [1.165, 1.54) is 6.07 Å². The number of fused-ring (bicyclic) bond motifs is 1. The molecule has 0 fully saturated rings. The molecule has 2 N–H and O–H groups in total. The highest BCUT2D eigenvalue weighted by molar-refractivity contribution is 8.76. The Bertz CT molecular complexity index is 1280. The lowest BCUT2D eigenvalue weighted by atomic mass is 9.98. The Labute approximate surface area is 244 Å². The van der Waals surface area contributed by atoms with Gasteiger partial charge in [-0.3, -0.25) is 4.79 Å². The molecular formula is C29H32F3NO6S2. The van der Waals surface area contributed by atoms with E-state index in [0.29, 0.717) is 18.4 Å². The average Bonchev–Trinajstić information content (AvgIpc) is 2.97. The second kappa shape index (κ2) is 15.9. The lowest BCUT2D eigenvalue weighted by molar-refractivity contribution is -0.150. The van der Waals surface area contributed by atoms with Crippen molar-refractivity contribution in [1.29, 1.82) is 0 Å². The molecule has 3 rings (SSSR count). The van der Waals surface area contributed by atoms with E-state index in [9.17, 15) is 22.8 Å². The maximum absolute atomic E-state index is 13.2. The molecule has 41 heavy (non-hydrogen) atoms. The van der Waals surface area contributed by atoms with Crippen LogP contribution in [0.1, 0.15) is 36.1 Å². The normalized spacial score (nSPS) is 12.4. The first-order chi connectivity index (χ1) is 19.6. The summed E-state index contributed by atoms with van der Waals surface area (Å²) in [6.07, 6.45) is -5.25. The van der Waals surface area contributed by atoms with Crippen LogP contribution in [0.25, 0.3) is 10.8 Å². The smallest absolute Gasteiger partial charge is 0.416 e. The van der Waals surface area contributed by atoms with Gasteiger partial charge < -0.3 is 24.6 Å². The molecular weight excluding hydrogens is 579 g/mol. The number of ether oxygens (including phenoxy) is 2. The third-order valence-electron chi connectivity index (χ3n) is 6.29. The van der Waals surface area contributed by atoms with Gasteiger partial charge in [0.1, 0.15) is 17.8 Å². The molecule has 0 aliphatic rings. The van der Waals surface area contributed by atoms with Crippen molar-refractivity contribution in [2.24, 2.45) is 0 Å². The van der Waals surface area contributed by atoms with E-state index in [-0.39, 0.29) is 18.2 Å². The van der Waals surface area contributed by atoms with Gasteiger partial charge in [0.25, 0.3) is 0 Å². The fourth-order valence-electron chi connectivity index (χ4n) is 4.22. The summed E-state index contributed by atoms with van der Waals surface area (Å²) in [7, 11) is 2.21. The minimum absolute atomic E-state index is 0.0629. The largest absolute Gasteiger partial charge is 0.457 e. The van der Waals surface area contributed by atoms with Crippen molar-refractivity contribution in [2.45, 2.75) is 38.1 Å². The van der Waals surface area contributed by atoms with Gasteiger partial charge in [-0.05, 0) is 47.7 Å². The Balaban J connectivity index is 1.65. The van der Waals surface area contributed by atoms with Crippen LogP contribution in [0, 0.1) is 0 Å². The Morgan fingerprint density at radius 1 is 0.976 bits per heavy atom. The highest BCUT2D eigenvalue weighted by atomic mass is 33.1. The Morgan fingerprint density at radius 3 is 2.41 bits per heavy atom. The number of aliphatic hydroxyl groups excluding tert-OH is 2. The fourth-order valence-corrected chi connectivity index (χ4v) is 5.57. The summed E-state index contributed by atoms with van der Waals surface area (Å²) in [5.41, 5.74) is 0.720. The summed E-state index contributed by atoms with van der Waals surface area (Å²) < 4.78 is 49.8. The zero-order valence-electron chi connectivity index (χ0n) is 22.4. The molecule has 3 aromatic carbocycles. The lowest BCUT2D eigenvalue weighted by Crippen LogP contribution is -2.35. The van der Waals surface area contributed by atoms with E-state index in [2.05, 4.69) is 0 Å². The number of amides is 1. The van der Waals surface area contributed by atoms with Crippen LogP contribution in [0.4, 0.5) is 18.0 Å². The van der Waals surface area contributed by atoms with E-state index < -0.39 is 49.2 Å². The van der Waals surface area contributed by atoms with Crippen molar-refractivity contribution in [3.05, 3.63) is 83.4 Å². The van der Waals surface area contributed by atoms with Crippen LogP contribution in [0.2, 0.25) is 0 Å². The summed E-state index contributed by atoms with van der Waals surface area (Å²) in [5, 5.41) is 20.0. The minimum Gasteiger partial charge on any atom is -0.457 e. The number of hydrogen-bond donors (Lipinski definition) is 2. The van der Waals surface area contributed by atoms with E-state index in [0.717, 1.165) is 50.1 Å².